The topological polar surface area (TPSA) is 24.9 Å². The van der Waals surface area contributed by atoms with Crippen LogP contribution in [0, 0.1) is 6.92 Å². The van der Waals surface area contributed by atoms with E-state index in [1.165, 1.54) is 6.07 Å². The van der Waals surface area contributed by atoms with Crippen molar-refractivity contribution in [2.45, 2.75) is 19.1 Å². The van der Waals surface area contributed by atoms with Crippen LogP contribution in [0.2, 0.25) is 0 Å². The van der Waals surface area contributed by atoms with Gasteiger partial charge >= 0.3 is 6.18 Å². The maximum atomic E-state index is 12.5. The largest absolute Gasteiger partial charge is 0.417 e. The van der Waals surface area contributed by atoms with Crippen LogP contribution in [0.25, 0.3) is 0 Å². The molecule has 2 nitrogen and oxygen atoms in total. The van der Waals surface area contributed by atoms with Gasteiger partial charge in [-0.05, 0) is 43.1 Å². The second-order valence-corrected chi connectivity index (χ2v) is 5.30. The second-order valence-electron chi connectivity index (χ2n) is 4.18. The molecule has 0 saturated carbocycles. The summed E-state index contributed by atoms with van der Waals surface area (Å²) in [5.41, 5.74) is 0.859. The lowest BCUT2D eigenvalue weighted by atomic mass is 10.1. The lowest BCUT2D eigenvalue weighted by molar-refractivity contribution is -0.137. The molecule has 1 N–H and O–H groups in total. The first-order chi connectivity index (χ1) is 8.91. The molecule has 0 bridgehead atoms. The number of thiophene rings is 1. The van der Waals surface area contributed by atoms with Gasteiger partial charge in [0.2, 0.25) is 0 Å². The molecule has 0 aliphatic rings. The minimum atomic E-state index is -4.35. The first kappa shape index (κ1) is 14.0. The minimum absolute atomic E-state index is 0.188. The van der Waals surface area contributed by atoms with Crippen LogP contribution in [0.3, 0.4) is 0 Å². The molecule has 0 aliphatic heterocycles. The molecule has 102 valence electrons. The van der Waals surface area contributed by atoms with Crippen LogP contribution in [0.15, 0.2) is 29.8 Å². The summed E-state index contributed by atoms with van der Waals surface area (Å²) in [4.78, 5) is 5.08. The van der Waals surface area contributed by atoms with E-state index in [2.05, 4.69) is 10.3 Å². The summed E-state index contributed by atoms with van der Waals surface area (Å²) in [6.07, 6.45) is -3.47. The number of rotatable bonds is 3. The summed E-state index contributed by atoms with van der Waals surface area (Å²) in [6.45, 7) is 1.99. The molecule has 0 aromatic carbocycles. The van der Waals surface area contributed by atoms with Crippen molar-refractivity contribution in [2.24, 2.45) is 0 Å². The Morgan fingerprint density at radius 3 is 2.47 bits per heavy atom. The van der Waals surface area contributed by atoms with Crippen LogP contribution in [-0.4, -0.2) is 12.0 Å². The SMILES string of the molecule is CNC(c1csc(C)c1)c1ccc(C(F)(F)F)cn1. The van der Waals surface area contributed by atoms with Crippen molar-refractivity contribution >= 4 is 11.3 Å². The van der Waals surface area contributed by atoms with Crippen LogP contribution in [-0.2, 0) is 6.18 Å². The Morgan fingerprint density at radius 1 is 1.32 bits per heavy atom. The molecule has 0 amide bonds. The highest BCUT2D eigenvalue weighted by Gasteiger charge is 2.31. The van der Waals surface area contributed by atoms with Crippen LogP contribution < -0.4 is 5.32 Å². The number of halogens is 3. The highest BCUT2D eigenvalue weighted by Crippen LogP contribution is 2.30. The first-order valence-corrected chi connectivity index (χ1v) is 6.55. The number of alkyl halides is 3. The van der Waals surface area contributed by atoms with Gasteiger partial charge in [-0.25, -0.2) is 0 Å². The Hall–Kier alpha value is -1.40. The van der Waals surface area contributed by atoms with Crippen LogP contribution in [0.1, 0.15) is 27.7 Å². The van der Waals surface area contributed by atoms with E-state index in [9.17, 15) is 13.2 Å². The molecule has 2 aromatic heterocycles. The molecular formula is C13H13F3N2S. The third-order valence-electron chi connectivity index (χ3n) is 2.78. The van der Waals surface area contributed by atoms with E-state index < -0.39 is 11.7 Å². The van der Waals surface area contributed by atoms with Crippen molar-refractivity contribution in [3.63, 3.8) is 0 Å². The molecule has 1 unspecified atom stereocenters. The monoisotopic (exact) mass is 286 g/mol. The van der Waals surface area contributed by atoms with Crippen molar-refractivity contribution in [2.75, 3.05) is 7.05 Å². The van der Waals surface area contributed by atoms with Gasteiger partial charge in [-0.1, -0.05) is 0 Å². The van der Waals surface area contributed by atoms with Crippen molar-refractivity contribution in [3.8, 4) is 0 Å². The number of nitrogens with one attached hydrogen (secondary N) is 1. The van der Waals surface area contributed by atoms with E-state index in [-0.39, 0.29) is 6.04 Å². The van der Waals surface area contributed by atoms with Gasteiger partial charge in [0.15, 0.2) is 0 Å². The number of aryl methyl sites for hydroxylation is 1. The zero-order chi connectivity index (χ0) is 14.0. The zero-order valence-corrected chi connectivity index (χ0v) is 11.3. The van der Waals surface area contributed by atoms with Gasteiger partial charge in [-0.2, -0.15) is 13.2 Å². The van der Waals surface area contributed by atoms with Gasteiger partial charge in [0.1, 0.15) is 0 Å². The lowest BCUT2D eigenvalue weighted by Gasteiger charge is -2.15. The summed E-state index contributed by atoms with van der Waals surface area (Å²) in [6, 6.07) is 4.29. The number of hydrogen-bond donors (Lipinski definition) is 1. The van der Waals surface area contributed by atoms with Crippen molar-refractivity contribution < 1.29 is 13.2 Å². The Kier molecular flexibility index (Phi) is 3.91. The molecule has 2 aromatic rings. The lowest BCUT2D eigenvalue weighted by Crippen LogP contribution is -2.18. The molecule has 0 saturated heterocycles. The molecular weight excluding hydrogens is 273 g/mol. The van der Waals surface area contributed by atoms with Crippen molar-refractivity contribution in [3.05, 3.63) is 51.5 Å². The number of nitrogens with zero attached hydrogens (tertiary/aromatic N) is 1. The summed E-state index contributed by atoms with van der Waals surface area (Å²) < 4.78 is 37.4. The van der Waals surface area contributed by atoms with Crippen LogP contribution in [0.4, 0.5) is 13.2 Å². The fourth-order valence-corrected chi connectivity index (χ4v) is 2.57. The van der Waals surface area contributed by atoms with Crippen LogP contribution >= 0.6 is 11.3 Å². The van der Waals surface area contributed by atoms with Crippen LogP contribution in [0.5, 0.6) is 0 Å². The average Bonchev–Trinajstić information content (AvgIpc) is 2.76. The van der Waals surface area contributed by atoms with Crippen molar-refractivity contribution in [1.29, 1.82) is 0 Å². The van der Waals surface area contributed by atoms with E-state index in [0.29, 0.717) is 5.69 Å². The molecule has 0 spiro atoms. The van der Waals surface area contributed by atoms with Crippen molar-refractivity contribution in [1.82, 2.24) is 10.3 Å². The standard InChI is InChI=1S/C13H13F3N2S/c1-8-5-9(7-19-8)12(17-2)11-4-3-10(6-18-11)13(14,15)16/h3-7,12,17H,1-2H3. The van der Waals surface area contributed by atoms with Gasteiger partial charge < -0.3 is 5.32 Å². The van der Waals surface area contributed by atoms with E-state index in [0.717, 1.165) is 22.7 Å². The van der Waals surface area contributed by atoms with Gasteiger partial charge in [0.25, 0.3) is 0 Å². The number of hydrogen-bond acceptors (Lipinski definition) is 3. The third-order valence-corrected chi connectivity index (χ3v) is 3.66. The quantitative estimate of drug-likeness (QED) is 0.929. The Morgan fingerprint density at radius 2 is 2.05 bits per heavy atom. The number of aromatic nitrogens is 1. The fourth-order valence-electron chi connectivity index (χ4n) is 1.84. The highest BCUT2D eigenvalue weighted by atomic mass is 32.1. The Labute approximate surface area is 113 Å². The maximum absolute atomic E-state index is 12.5. The van der Waals surface area contributed by atoms with E-state index >= 15 is 0 Å². The van der Waals surface area contributed by atoms with Gasteiger partial charge in [0, 0.05) is 11.1 Å². The molecule has 1 atom stereocenters. The highest BCUT2D eigenvalue weighted by molar-refractivity contribution is 7.10. The smallest absolute Gasteiger partial charge is 0.308 e. The Bertz CT molecular complexity index is 546. The van der Waals surface area contributed by atoms with Gasteiger partial charge in [-0.15, -0.1) is 11.3 Å². The molecule has 2 heterocycles. The maximum Gasteiger partial charge on any atom is 0.417 e. The van der Waals surface area contributed by atoms with E-state index in [1.807, 2.05) is 18.4 Å². The van der Waals surface area contributed by atoms with E-state index in [4.69, 9.17) is 0 Å². The van der Waals surface area contributed by atoms with Gasteiger partial charge in [-0.3, -0.25) is 4.98 Å². The third kappa shape index (κ3) is 3.13. The zero-order valence-electron chi connectivity index (χ0n) is 10.5. The Balaban J connectivity index is 2.30. The first-order valence-electron chi connectivity index (χ1n) is 5.67. The number of pyridine rings is 1. The normalized spacial score (nSPS) is 13.5. The minimum Gasteiger partial charge on any atom is -0.308 e. The summed E-state index contributed by atoms with van der Waals surface area (Å²) in [7, 11) is 1.76. The fraction of sp³-hybridized carbons (Fsp3) is 0.308. The molecule has 19 heavy (non-hydrogen) atoms. The summed E-state index contributed by atoms with van der Waals surface area (Å²) in [5, 5.41) is 5.05. The summed E-state index contributed by atoms with van der Waals surface area (Å²) in [5.74, 6) is 0. The van der Waals surface area contributed by atoms with Gasteiger partial charge in [0.05, 0.1) is 17.3 Å². The molecule has 0 radical (unpaired) electrons. The average molecular weight is 286 g/mol. The molecule has 2 rings (SSSR count). The summed E-state index contributed by atoms with van der Waals surface area (Å²) >= 11 is 1.60. The van der Waals surface area contributed by atoms with E-state index in [1.54, 1.807) is 18.4 Å². The molecule has 6 heteroatoms. The predicted octanol–water partition coefficient (Wildman–Crippen LogP) is 3.78. The molecule has 0 fully saturated rings. The molecule has 0 aliphatic carbocycles. The second kappa shape index (κ2) is 5.30. The predicted molar refractivity (Wildman–Crippen MR) is 69.2 cm³/mol.